The number of nitrogens with zero attached hydrogens (tertiary/aromatic N) is 2. The molecule has 4 heteroatoms. The van der Waals surface area contributed by atoms with Crippen LogP contribution in [0.15, 0.2) is 53.7 Å². The smallest absolute Gasteiger partial charge is 0.149 e. The van der Waals surface area contributed by atoms with Crippen LogP contribution in [0.4, 0.5) is 8.78 Å². The number of halogens is 2. The number of rotatable bonds is 1. The Kier molecular flexibility index (Phi) is 3.52. The summed E-state index contributed by atoms with van der Waals surface area (Å²) in [6, 6.07) is 11.8. The first kappa shape index (κ1) is 16.8. The molecule has 26 heavy (non-hydrogen) atoms. The summed E-state index contributed by atoms with van der Waals surface area (Å²) in [6.07, 6.45) is 1.62. The molecule has 2 aromatic carbocycles. The number of fused-ring (bicyclic) bond motifs is 2. The van der Waals surface area contributed by atoms with Crippen molar-refractivity contribution in [2.75, 3.05) is 0 Å². The Hall–Kier alpha value is -2.62. The lowest BCUT2D eigenvalue weighted by molar-refractivity contribution is 0.293. The fraction of sp³-hybridized carbons (Fsp3) is 0.273. The molecule has 0 atom stereocenters. The van der Waals surface area contributed by atoms with Gasteiger partial charge in [-0.2, -0.15) is 0 Å². The highest BCUT2D eigenvalue weighted by atomic mass is 19.1. The first-order valence-electron chi connectivity index (χ1n) is 8.66. The summed E-state index contributed by atoms with van der Waals surface area (Å²) in [5.41, 5.74) is 2.25. The van der Waals surface area contributed by atoms with Crippen LogP contribution in [0.25, 0.3) is 10.9 Å². The first-order chi connectivity index (χ1) is 12.2. The zero-order valence-corrected chi connectivity index (χ0v) is 15.3. The van der Waals surface area contributed by atoms with Crippen molar-refractivity contribution in [2.45, 2.75) is 38.6 Å². The molecule has 0 N–H and O–H groups in total. The predicted octanol–water partition coefficient (Wildman–Crippen LogP) is 5.42. The van der Waals surface area contributed by atoms with Crippen molar-refractivity contribution in [1.29, 1.82) is 0 Å². The number of aromatic nitrogens is 1. The van der Waals surface area contributed by atoms with Crippen molar-refractivity contribution in [3.8, 4) is 0 Å². The quantitative estimate of drug-likeness (QED) is 0.575. The Bertz CT molecular complexity index is 1060. The van der Waals surface area contributed by atoms with Crippen LogP contribution in [0.1, 0.15) is 44.4 Å². The SMILES string of the molecule is CC1(C)N=C(c2cnc3c(F)cccc3c2)c2cccc(F)c2C1(C)C. The van der Waals surface area contributed by atoms with Crippen LogP contribution >= 0.6 is 0 Å². The summed E-state index contributed by atoms with van der Waals surface area (Å²) in [4.78, 5) is 9.25. The predicted molar refractivity (Wildman–Crippen MR) is 101 cm³/mol. The number of aliphatic imine (C=N–C) groups is 1. The molecule has 0 radical (unpaired) electrons. The molecule has 1 aromatic heterocycles. The van der Waals surface area contributed by atoms with Gasteiger partial charge in [0.05, 0.1) is 11.3 Å². The van der Waals surface area contributed by atoms with Crippen LogP contribution in [0.5, 0.6) is 0 Å². The molecule has 132 valence electrons. The van der Waals surface area contributed by atoms with Gasteiger partial charge in [-0.25, -0.2) is 8.78 Å². The minimum atomic E-state index is -0.506. The van der Waals surface area contributed by atoms with Gasteiger partial charge in [-0.05, 0) is 32.0 Å². The molecule has 0 saturated carbocycles. The summed E-state index contributed by atoms with van der Waals surface area (Å²) in [7, 11) is 0. The summed E-state index contributed by atoms with van der Waals surface area (Å²) in [6.45, 7) is 8.06. The molecule has 0 spiro atoms. The maximum atomic E-state index is 14.8. The van der Waals surface area contributed by atoms with Crippen molar-refractivity contribution in [2.24, 2.45) is 4.99 Å². The van der Waals surface area contributed by atoms with Crippen LogP contribution in [0, 0.1) is 11.6 Å². The minimum Gasteiger partial charge on any atom is -0.277 e. The van der Waals surface area contributed by atoms with Crippen LogP contribution in [0.3, 0.4) is 0 Å². The van der Waals surface area contributed by atoms with Gasteiger partial charge in [0.2, 0.25) is 0 Å². The zero-order chi connectivity index (χ0) is 18.7. The molecule has 2 heterocycles. The molecular formula is C22H20F2N2. The summed E-state index contributed by atoms with van der Waals surface area (Å²) >= 11 is 0. The Labute approximate surface area is 151 Å². The van der Waals surface area contributed by atoms with E-state index in [1.807, 2.05) is 45.9 Å². The summed E-state index contributed by atoms with van der Waals surface area (Å²) < 4.78 is 28.7. The lowest BCUT2D eigenvalue weighted by Gasteiger charge is -2.44. The monoisotopic (exact) mass is 350 g/mol. The second-order valence-electron chi connectivity index (χ2n) is 7.84. The topological polar surface area (TPSA) is 25.2 Å². The molecule has 1 aliphatic heterocycles. The maximum Gasteiger partial charge on any atom is 0.149 e. The normalized spacial score (nSPS) is 17.7. The van der Waals surface area contributed by atoms with E-state index in [1.54, 1.807) is 18.3 Å². The van der Waals surface area contributed by atoms with Crippen molar-refractivity contribution in [1.82, 2.24) is 4.98 Å². The van der Waals surface area contributed by atoms with E-state index in [9.17, 15) is 8.78 Å². The molecule has 3 aromatic rings. The molecule has 0 unspecified atom stereocenters. The van der Waals surface area contributed by atoms with Gasteiger partial charge < -0.3 is 0 Å². The highest BCUT2D eigenvalue weighted by molar-refractivity contribution is 6.15. The fourth-order valence-corrected chi connectivity index (χ4v) is 3.62. The molecule has 0 amide bonds. The number of benzene rings is 2. The third-order valence-corrected chi connectivity index (χ3v) is 5.75. The highest BCUT2D eigenvalue weighted by Crippen LogP contribution is 2.45. The van der Waals surface area contributed by atoms with Gasteiger partial charge in [-0.1, -0.05) is 38.1 Å². The van der Waals surface area contributed by atoms with Gasteiger partial charge in [0, 0.05) is 33.7 Å². The van der Waals surface area contributed by atoms with Crippen LogP contribution in [-0.2, 0) is 5.41 Å². The van der Waals surface area contributed by atoms with E-state index in [0.29, 0.717) is 22.2 Å². The average Bonchev–Trinajstić information content (AvgIpc) is 2.58. The Balaban J connectivity index is 2.00. The van der Waals surface area contributed by atoms with E-state index in [0.717, 1.165) is 11.1 Å². The first-order valence-corrected chi connectivity index (χ1v) is 8.66. The third kappa shape index (κ3) is 2.28. The van der Waals surface area contributed by atoms with Crippen LogP contribution in [-0.4, -0.2) is 16.2 Å². The van der Waals surface area contributed by atoms with Crippen LogP contribution < -0.4 is 0 Å². The van der Waals surface area contributed by atoms with E-state index < -0.39 is 11.0 Å². The molecule has 2 nitrogen and oxygen atoms in total. The Morgan fingerprint density at radius 3 is 2.35 bits per heavy atom. The largest absolute Gasteiger partial charge is 0.277 e. The number of para-hydroxylation sites is 1. The second kappa shape index (κ2) is 5.44. The van der Waals surface area contributed by atoms with Gasteiger partial charge in [0.25, 0.3) is 0 Å². The van der Waals surface area contributed by atoms with E-state index >= 15 is 0 Å². The van der Waals surface area contributed by atoms with Crippen LogP contribution in [0.2, 0.25) is 0 Å². The summed E-state index contributed by atoms with van der Waals surface area (Å²) in [5, 5.41) is 0.700. The standard InChI is InChI=1S/C22H20F2N2/c1-21(2)18-15(8-6-9-16(18)23)19(26-22(21,3)4)14-11-13-7-5-10-17(24)20(13)25-12-14/h5-12H,1-4H3. The van der Waals surface area contributed by atoms with Crippen molar-refractivity contribution in [3.63, 3.8) is 0 Å². The molecule has 0 saturated heterocycles. The molecule has 0 fully saturated rings. The lowest BCUT2D eigenvalue weighted by atomic mass is 9.65. The molecule has 4 rings (SSSR count). The van der Waals surface area contributed by atoms with E-state index in [4.69, 9.17) is 4.99 Å². The molecule has 0 aliphatic carbocycles. The molecular weight excluding hydrogens is 330 g/mol. The van der Waals surface area contributed by atoms with Gasteiger partial charge in [0.1, 0.15) is 17.2 Å². The number of hydrogen-bond acceptors (Lipinski definition) is 2. The van der Waals surface area contributed by atoms with Crippen molar-refractivity contribution >= 4 is 16.6 Å². The fourth-order valence-electron chi connectivity index (χ4n) is 3.62. The Morgan fingerprint density at radius 1 is 0.885 bits per heavy atom. The maximum absolute atomic E-state index is 14.8. The lowest BCUT2D eigenvalue weighted by Crippen LogP contribution is -2.46. The van der Waals surface area contributed by atoms with E-state index in [1.165, 1.54) is 12.1 Å². The molecule has 0 bridgehead atoms. The number of pyridine rings is 1. The van der Waals surface area contributed by atoms with E-state index in [-0.39, 0.29) is 11.6 Å². The zero-order valence-electron chi connectivity index (χ0n) is 15.3. The third-order valence-electron chi connectivity index (χ3n) is 5.75. The van der Waals surface area contributed by atoms with Gasteiger partial charge in [-0.15, -0.1) is 0 Å². The van der Waals surface area contributed by atoms with Gasteiger partial charge in [-0.3, -0.25) is 9.98 Å². The van der Waals surface area contributed by atoms with Crippen molar-refractivity contribution < 1.29 is 8.78 Å². The second-order valence-corrected chi connectivity index (χ2v) is 7.84. The Morgan fingerprint density at radius 2 is 1.58 bits per heavy atom. The highest BCUT2D eigenvalue weighted by Gasteiger charge is 2.45. The van der Waals surface area contributed by atoms with Gasteiger partial charge in [0.15, 0.2) is 0 Å². The summed E-state index contributed by atoms with van der Waals surface area (Å²) in [5.74, 6) is -0.583. The van der Waals surface area contributed by atoms with Gasteiger partial charge >= 0.3 is 0 Å². The average molecular weight is 350 g/mol. The van der Waals surface area contributed by atoms with E-state index in [2.05, 4.69) is 4.98 Å². The number of hydrogen-bond donors (Lipinski definition) is 0. The molecule has 1 aliphatic rings. The van der Waals surface area contributed by atoms with Crippen molar-refractivity contribution in [3.05, 3.63) is 77.0 Å². The minimum absolute atomic E-state index is 0.229.